The highest BCUT2D eigenvalue weighted by Crippen LogP contribution is 2.16. The highest BCUT2D eigenvalue weighted by Gasteiger charge is 2.22. The minimum absolute atomic E-state index is 0.164. The summed E-state index contributed by atoms with van der Waals surface area (Å²) in [4.78, 5) is 22.5. The molecule has 0 atom stereocenters. The molecule has 0 spiro atoms. The minimum atomic E-state index is -1.02. The molecule has 0 fully saturated rings. The van der Waals surface area contributed by atoms with E-state index in [1.165, 1.54) is 6.07 Å². The smallest absolute Gasteiger partial charge is 0.336 e. The second-order valence-corrected chi connectivity index (χ2v) is 4.51. The molecule has 0 saturated carbocycles. The number of benzene rings is 1. The monoisotopic (exact) mass is 236 g/mol. The van der Waals surface area contributed by atoms with Gasteiger partial charge in [0.25, 0.3) is 0 Å². The van der Waals surface area contributed by atoms with Crippen LogP contribution in [-0.2, 0) is 4.79 Å². The molecule has 4 N–H and O–H groups in total. The van der Waals surface area contributed by atoms with Gasteiger partial charge in [-0.05, 0) is 38.5 Å². The lowest BCUT2D eigenvalue weighted by Gasteiger charge is -2.18. The maximum atomic E-state index is 11.6. The molecular weight excluding hydrogens is 220 g/mol. The molecule has 5 heteroatoms. The Balaban J connectivity index is 2.98. The van der Waals surface area contributed by atoms with Crippen LogP contribution in [0.1, 0.15) is 29.8 Å². The zero-order valence-electron chi connectivity index (χ0n) is 10.1. The molecule has 0 saturated heterocycles. The fraction of sp³-hybridized carbons (Fsp3) is 0.333. The standard InChI is InChI=1S/C12H16N2O3/c1-7-4-5-8(6-9(7)10(15)16)14-11(17)12(2,3)13/h4-6H,13H2,1-3H3,(H,14,17)(H,15,16). The molecule has 92 valence electrons. The van der Waals surface area contributed by atoms with Crippen LogP contribution < -0.4 is 11.1 Å². The molecule has 0 aliphatic carbocycles. The number of nitrogens with two attached hydrogens (primary N) is 1. The molecule has 1 aromatic carbocycles. The number of carbonyl (C=O) groups is 2. The van der Waals surface area contributed by atoms with Gasteiger partial charge < -0.3 is 16.2 Å². The molecule has 0 aromatic heterocycles. The number of anilines is 1. The van der Waals surface area contributed by atoms with Crippen molar-refractivity contribution in [3.8, 4) is 0 Å². The van der Waals surface area contributed by atoms with Gasteiger partial charge in [-0.15, -0.1) is 0 Å². The summed E-state index contributed by atoms with van der Waals surface area (Å²) in [7, 11) is 0. The maximum Gasteiger partial charge on any atom is 0.336 e. The van der Waals surface area contributed by atoms with Crippen molar-refractivity contribution in [3.05, 3.63) is 29.3 Å². The maximum absolute atomic E-state index is 11.6. The number of hydrogen-bond acceptors (Lipinski definition) is 3. The van der Waals surface area contributed by atoms with E-state index in [2.05, 4.69) is 5.32 Å². The summed E-state index contributed by atoms with van der Waals surface area (Å²) in [6.07, 6.45) is 0. The van der Waals surface area contributed by atoms with Gasteiger partial charge >= 0.3 is 5.97 Å². The van der Waals surface area contributed by atoms with Crippen LogP contribution in [0.2, 0.25) is 0 Å². The van der Waals surface area contributed by atoms with Crippen LogP contribution in [0.4, 0.5) is 5.69 Å². The van der Waals surface area contributed by atoms with Crippen molar-refractivity contribution in [2.24, 2.45) is 5.73 Å². The van der Waals surface area contributed by atoms with Crippen molar-refractivity contribution < 1.29 is 14.7 Å². The van der Waals surface area contributed by atoms with Crippen LogP contribution in [0.5, 0.6) is 0 Å². The van der Waals surface area contributed by atoms with Crippen LogP contribution in [0, 0.1) is 6.92 Å². The highest BCUT2D eigenvalue weighted by atomic mass is 16.4. The van der Waals surface area contributed by atoms with Crippen molar-refractivity contribution in [2.75, 3.05) is 5.32 Å². The van der Waals surface area contributed by atoms with Crippen LogP contribution in [0.3, 0.4) is 0 Å². The topological polar surface area (TPSA) is 92.4 Å². The number of nitrogens with one attached hydrogen (secondary N) is 1. The Morgan fingerprint density at radius 2 is 1.94 bits per heavy atom. The molecule has 0 bridgehead atoms. The third-order valence-electron chi connectivity index (χ3n) is 2.31. The fourth-order valence-corrected chi connectivity index (χ4v) is 1.22. The van der Waals surface area contributed by atoms with Gasteiger partial charge in [-0.2, -0.15) is 0 Å². The molecule has 1 aromatic rings. The SMILES string of the molecule is Cc1ccc(NC(=O)C(C)(C)N)cc1C(=O)O. The van der Waals surface area contributed by atoms with Crippen LogP contribution >= 0.6 is 0 Å². The molecule has 17 heavy (non-hydrogen) atoms. The zero-order valence-corrected chi connectivity index (χ0v) is 10.1. The third-order valence-corrected chi connectivity index (χ3v) is 2.31. The third kappa shape index (κ3) is 3.29. The molecule has 0 aliphatic rings. The largest absolute Gasteiger partial charge is 0.478 e. The summed E-state index contributed by atoms with van der Waals surface area (Å²) >= 11 is 0. The van der Waals surface area contributed by atoms with E-state index in [0.29, 0.717) is 11.3 Å². The minimum Gasteiger partial charge on any atom is -0.478 e. The Morgan fingerprint density at radius 3 is 2.41 bits per heavy atom. The number of amides is 1. The number of carboxylic acid groups (broad SMARTS) is 1. The highest BCUT2D eigenvalue weighted by molar-refractivity contribution is 5.98. The number of aryl methyl sites for hydroxylation is 1. The molecule has 0 unspecified atom stereocenters. The first-order valence-electron chi connectivity index (χ1n) is 5.16. The summed E-state index contributed by atoms with van der Waals surface area (Å²) in [5, 5.41) is 11.5. The van der Waals surface area contributed by atoms with E-state index in [9.17, 15) is 9.59 Å². The first-order chi connectivity index (χ1) is 7.71. The second kappa shape index (κ2) is 4.55. The average molecular weight is 236 g/mol. The molecule has 0 radical (unpaired) electrons. The van der Waals surface area contributed by atoms with Gasteiger partial charge in [-0.3, -0.25) is 4.79 Å². The summed E-state index contributed by atoms with van der Waals surface area (Å²) < 4.78 is 0. The Kier molecular flexibility index (Phi) is 3.53. The molecule has 0 aliphatic heterocycles. The van der Waals surface area contributed by atoms with Crippen molar-refractivity contribution >= 4 is 17.6 Å². The predicted molar refractivity (Wildman–Crippen MR) is 65.0 cm³/mol. The van der Waals surface area contributed by atoms with Gasteiger partial charge in [0, 0.05) is 5.69 Å². The van der Waals surface area contributed by atoms with Crippen molar-refractivity contribution in [2.45, 2.75) is 26.3 Å². The summed E-state index contributed by atoms with van der Waals surface area (Å²) in [5.41, 5.74) is 5.85. The average Bonchev–Trinajstić information content (AvgIpc) is 2.19. The van der Waals surface area contributed by atoms with Crippen molar-refractivity contribution in [3.63, 3.8) is 0 Å². The Labute approximate surface area is 99.6 Å². The molecule has 1 rings (SSSR count). The van der Waals surface area contributed by atoms with E-state index in [-0.39, 0.29) is 11.5 Å². The summed E-state index contributed by atoms with van der Waals surface area (Å²) in [5.74, 6) is -1.39. The normalized spacial score (nSPS) is 11.1. The van der Waals surface area contributed by atoms with Gasteiger partial charge in [0.05, 0.1) is 11.1 Å². The summed E-state index contributed by atoms with van der Waals surface area (Å²) in [6, 6.07) is 4.70. The Morgan fingerprint density at radius 1 is 1.35 bits per heavy atom. The van der Waals surface area contributed by atoms with Gasteiger partial charge in [0.2, 0.25) is 5.91 Å². The molecular formula is C12H16N2O3. The van der Waals surface area contributed by atoms with E-state index >= 15 is 0 Å². The van der Waals surface area contributed by atoms with Crippen molar-refractivity contribution in [1.82, 2.24) is 0 Å². The Bertz CT molecular complexity index is 461. The fourth-order valence-electron chi connectivity index (χ4n) is 1.22. The molecule has 1 amide bonds. The number of rotatable bonds is 3. The number of carboxylic acids is 1. The predicted octanol–water partition coefficient (Wildman–Crippen LogP) is 1.37. The lowest BCUT2D eigenvalue weighted by Crippen LogP contribution is -2.45. The second-order valence-electron chi connectivity index (χ2n) is 4.51. The van der Waals surface area contributed by atoms with Gasteiger partial charge in [0.15, 0.2) is 0 Å². The van der Waals surface area contributed by atoms with E-state index < -0.39 is 11.5 Å². The van der Waals surface area contributed by atoms with Crippen LogP contribution in [0.25, 0.3) is 0 Å². The molecule has 5 nitrogen and oxygen atoms in total. The van der Waals surface area contributed by atoms with Crippen molar-refractivity contribution in [1.29, 1.82) is 0 Å². The number of aromatic carboxylic acids is 1. The van der Waals surface area contributed by atoms with E-state index in [1.54, 1.807) is 32.9 Å². The van der Waals surface area contributed by atoms with Gasteiger partial charge in [0.1, 0.15) is 0 Å². The van der Waals surface area contributed by atoms with E-state index in [1.807, 2.05) is 0 Å². The molecule has 0 heterocycles. The van der Waals surface area contributed by atoms with Crippen LogP contribution in [-0.4, -0.2) is 22.5 Å². The first kappa shape index (κ1) is 13.2. The number of carbonyl (C=O) groups excluding carboxylic acids is 1. The van der Waals surface area contributed by atoms with E-state index in [4.69, 9.17) is 10.8 Å². The Hall–Kier alpha value is -1.88. The lowest BCUT2D eigenvalue weighted by atomic mass is 10.1. The quantitative estimate of drug-likeness (QED) is 0.739. The lowest BCUT2D eigenvalue weighted by molar-refractivity contribution is -0.120. The number of hydrogen-bond donors (Lipinski definition) is 3. The zero-order chi connectivity index (χ0) is 13.2. The van der Waals surface area contributed by atoms with E-state index in [0.717, 1.165) is 0 Å². The van der Waals surface area contributed by atoms with Crippen LogP contribution in [0.15, 0.2) is 18.2 Å². The first-order valence-corrected chi connectivity index (χ1v) is 5.16. The van der Waals surface area contributed by atoms with Gasteiger partial charge in [-0.25, -0.2) is 4.79 Å². The summed E-state index contributed by atoms with van der Waals surface area (Å²) in [6.45, 7) is 4.85. The van der Waals surface area contributed by atoms with Gasteiger partial charge in [-0.1, -0.05) is 6.07 Å².